The third-order valence-electron chi connectivity index (χ3n) is 3.13. The van der Waals surface area contributed by atoms with E-state index in [9.17, 15) is 18.0 Å². The van der Waals surface area contributed by atoms with Crippen molar-refractivity contribution in [3.63, 3.8) is 0 Å². The van der Waals surface area contributed by atoms with Gasteiger partial charge in [-0.05, 0) is 42.8 Å². The number of sulfone groups is 1. The smallest absolute Gasteiger partial charge is 0.291 e. The monoisotopic (exact) mass is 350 g/mol. The van der Waals surface area contributed by atoms with E-state index in [2.05, 4.69) is 10.6 Å². The maximum atomic E-state index is 11.9. The first kappa shape index (κ1) is 17.7. The summed E-state index contributed by atoms with van der Waals surface area (Å²) < 4.78 is 27.0. The Bertz CT molecular complexity index is 796. The van der Waals surface area contributed by atoms with Crippen LogP contribution < -0.4 is 10.6 Å². The zero-order chi connectivity index (χ0) is 17.6. The van der Waals surface area contributed by atoms with Crippen LogP contribution in [0, 0.1) is 0 Å². The molecule has 0 atom stereocenters. The van der Waals surface area contributed by atoms with Crippen LogP contribution in [0.25, 0.3) is 0 Å². The van der Waals surface area contributed by atoms with Crippen molar-refractivity contribution in [2.24, 2.45) is 0 Å². The minimum absolute atomic E-state index is 0.0328. The third kappa shape index (κ3) is 5.54. The van der Waals surface area contributed by atoms with Crippen molar-refractivity contribution in [3.05, 3.63) is 54.0 Å². The number of anilines is 1. The topological polar surface area (TPSA) is 105 Å². The average molecular weight is 350 g/mol. The van der Waals surface area contributed by atoms with Gasteiger partial charge in [0, 0.05) is 24.1 Å². The molecule has 0 spiro atoms. The molecule has 2 rings (SSSR count). The lowest BCUT2D eigenvalue weighted by Gasteiger charge is -2.07. The summed E-state index contributed by atoms with van der Waals surface area (Å²) in [6, 6.07) is 9.52. The quantitative estimate of drug-likeness (QED) is 0.739. The van der Waals surface area contributed by atoms with Gasteiger partial charge >= 0.3 is 0 Å². The Morgan fingerprint density at radius 2 is 1.79 bits per heavy atom. The van der Waals surface area contributed by atoms with Gasteiger partial charge in [-0.3, -0.25) is 9.59 Å². The van der Waals surface area contributed by atoms with Gasteiger partial charge < -0.3 is 15.1 Å². The summed E-state index contributed by atoms with van der Waals surface area (Å²) in [5.41, 5.74) is 0.954. The highest BCUT2D eigenvalue weighted by Crippen LogP contribution is 2.11. The Hall–Kier alpha value is -2.61. The van der Waals surface area contributed by atoms with Crippen LogP contribution in [0.3, 0.4) is 0 Å². The van der Waals surface area contributed by atoms with Gasteiger partial charge in [-0.2, -0.15) is 0 Å². The predicted molar refractivity (Wildman–Crippen MR) is 89.8 cm³/mol. The van der Waals surface area contributed by atoms with E-state index in [1.807, 2.05) is 0 Å². The molecule has 1 aromatic carbocycles. The molecular weight excluding hydrogens is 332 g/mol. The van der Waals surface area contributed by atoms with E-state index < -0.39 is 9.84 Å². The molecular formula is C16H18N2O5S. The van der Waals surface area contributed by atoms with Crippen LogP contribution in [0.5, 0.6) is 0 Å². The molecule has 0 aliphatic rings. The number of furan rings is 1. The molecule has 0 saturated carbocycles. The van der Waals surface area contributed by atoms with Crippen LogP contribution in [0.15, 0.2) is 47.1 Å². The number of carbonyl (C=O) groups excluding carboxylic acids is 2. The molecule has 0 fully saturated rings. The van der Waals surface area contributed by atoms with Crippen LogP contribution in [0.1, 0.15) is 27.3 Å². The Morgan fingerprint density at radius 3 is 2.38 bits per heavy atom. The molecule has 0 saturated heterocycles. The normalized spacial score (nSPS) is 11.0. The second kappa shape index (κ2) is 7.78. The fourth-order valence-corrected chi connectivity index (χ4v) is 2.61. The van der Waals surface area contributed by atoms with Gasteiger partial charge in [0.05, 0.1) is 12.0 Å². The van der Waals surface area contributed by atoms with E-state index in [0.29, 0.717) is 17.7 Å². The second-order valence-corrected chi connectivity index (χ2v) is 7.51. The molecule has 7 nitrogen and oxygen atoms in total. The van der Waals surface area contributed by atoms with E-state index in [1.54, 1.807) is 36.4 Å². The average Bonchev–Trinajstić information content (AvgIpc) is 3.05. The van der Waals surface area contributed by atoms with Crippen molar-refractivity contribution in [3.8, 4) is 0 Å². The van der Waals surface area contributed by atoms with Gasteiger partial charge in [0.1, 0.15) is 9.84 Å². The maximum Gasteiger partial charge on any atom is 0.291 e. The van der Waals surface area contributed by atoms with Crippen molar-refractivity contribution in [1.82, 2.24) is 5.32 Å². The molecule has 0 aliphatic carbocycles. The number of hydrogen-bond donors (Lipinski definition) is 2. The van der Waals surface area contributed by atoms with E-state index in [4.69, 9.17) is 4.42 Å². The SMILES string of the molecule is CS(=O)(=O)CCCNC(=O)c1ccc(NC(=O)c2ccco2)cc1. The zero-order valence-electron chi connectivity index (χ0n) is 13.1. The number of nitrogens with one attached hydrogen (secondary N) is 2. The Kier molecular flexibility index (Phi) is 5.75. The Morgan fingerprint density at radius 1 is 1.08 bits per heavy atom. The number of benzene rings is 1. The van der Waals surface area contributed by atoms with Gasteiger partial charge in [-0.25, -0.2) is 8.42 Å². The number of hydrogen-bond acceptors (Lipinski definition) is 5. The van der Waals surface area contributed by atoms with Gasteiger partial charge in [0.25, 0.3) is 11.8 Å². The van der Waals surface area contributed by atoms with Crippen molar-refractivity contribution in [1.29, 1.82) is 0 Å². The van der Waals surface area contributed by atoms with Crippen LogP contribution in [0.2, 0.25) is 0 Å². The molecule has 0 unspecified atom stereocenters. The highest BCUT2D eigenvalue weighted by atomic mass is 32.2. The molecule has 128 valence electrons. The lowest BCUT2D eigenvalue weighted by molar-refractivity contribution is 0.0952. The number of rotatable bonds is 7. The third-order valence-corrected chi connectivity index (χ3v) is 4.16. The molecule has 1 heterocycles. The Balaban J connectivity index is 1.85. The molecule has 8 heteroatoms. The molecule has 24 heavy (non-hydrogen) atoms. The van der Waals surface area contributed by atoms with Gasteiger partial charge in [0.2, 0.25) is 0 Å². The van der Waals surface area contributed by atoms with Crippen molar-refractivity contribution in [2.75, 3.05) is 23.9 Å². The first-order valence-electron chi connectivity index (χ1n) is 7.26. The molecule has 2 N–H and O–H groups in total. The number of amides is 2. The lowest BCUT2D eigenvalue weighted by Crippen LogP contribution is -2.25. The summed E-state index contributed by atoms with van der Waals surface area (Å²) in [7, 11) is -3.02. The number of carbonyl (C=O) groups is 2. The first-order chi connectivity index (χ1) is 11.3. The highest BCUT2D eigenvalue weighted by molar-refractivity contribution is 7.90. The van der Waals surface area contributed by atoms with Crippen molar-refractivity contribution < 1.29 is 22.4 Å². The summed E-state index contributed by atoms with van der Waals surface area (Å²) in [5, 5.41) is 5.30. The van der Waals surface area contributed by atoms with Crippen molar-refractivity contribution >= 4 is 27.3 Å². The summed E-state index contributed by atoms with van der Waals surface area (Å²) >= 11 is 0. The van der Waals surface area contributed by atoms with Crippen LogP contribution in [-0.4, -0.2) is 38.8 Å². The second-order valence-electron chi connectivity index (χ2n) is 5.25. The molecule has 2 amide bonds. The minimum Gasteiger partial charge on any atom is -0.459 e. The molecule has 0 bridgehead atoms. The van der Waals surface area contributed by atoms with Crippen LogP contribution >= 0.6 is 0 Å². The van der Waals surface area contributed by atoms with Crippen LogP contribution in [-0.2, 0) is 9.84 Å². The Labute approximate surface area is 140 Å². The molecule has 0 radical (unpaired) electrons. The molecule has 1 aromatic heterocycles. The largest absolute Gasteiger partial charge is 0.459 e. The summed E-state index contributed by atoms with van der Waals surface area (Å²) in [6.07, 6.45) is 2.93. The van der Waals surface area contributed by atoms with Gasteiger partial charge in [-0.15, -0.1) is 0 Å². The fraction of sp³-hybridized carbons (Fsp3) is 0.250. The highest BCUT2D eigenvalue weighted by Gasteiger charge is 2.10. The summed E-state index contributed by atoms with van der Waals surface area (Å²) in [5.74, 6) is -0.446. The first-order valence-corrected chi connectivity index (χ1v) is 9.32. The minimum atomic E-state index is -3.02. The predicted octanol–water partition coefficient (Wildman–Crippen LogP) is 1.70. The molecule has 0 aliphatic heterocycles. The van der Waals surface area contributed by atoms with E-state index in [1.165, 1.54) is 6.26 Å². The van der Waals surface area contributed by atoms with Gasteiger partial charge in [0.15, 0.2) is 5.76 Å². The molecule has 2 aromatic rings. The van der Waals surface area contributed by atoms with Crippen LogP contribution in [0.4, 0.5) is 5.69 Å². The van der Waals surface area contributed by atoms with Crippen molar-refractivity contribution in [2.45, 2.75) is 6.42 Å². The fourth-order valence-electron chi connectivity index (χ4n) is 1.94. The zero-order valence-corrected chi connectivity index (χ0v) is 13.9. The van der Waals surface area contributed by atoms with Gasteiger partial charge in [-0.1, -0.05) is 0 Å². The summed E-state index contributed by atoms with van der Waals surface area (Å²) in [6.45, 7) is 0.281. The van der Waals surface area contributed by atoms with E-state index >= 15 is 0 Å². The van der Waals surface area contributed by atoms with E-state index in [0.717, 1.165) is 6.26 Å². The standard InChI is InChI=1S/C16H18N2O5S/c1-24(21,22)11-3-9-17-15(19)12-5-7-13(8-6-12)18-16(20)14-4-2-10-23-14/h2,4-8,10H,3,9,11H2,1H3,(H,17,19)(H,18,20). The lowest BCUT2D eigenvalue weighted by atomic mass is 10.2. The summed E-state index contributed by atoms with van der Waals surface area (Å²) in [4.78, 5) is 23.7. The van der Waals surface area contributed by atoms with E-state index in [-0.39, 0.29) is 29.9 Å². The maximum absolute atomic E-state index is 11.9.